The minimum absolute atomic E-state index is 0.572. The molecule has 3 atom stereocenters. The normalized spacial score (nSPS) is 24.4. The van der Waals surface area contributed by atoms with Crippen LogP contribution >= 0.6 is 0 Å². The molecule has 0 spiro atoms. The zero-order chi connectivity index (χ0) is 22.9. The first kappa shape index (κ1) is 23.3. The fraction of sp³-hybridized carbons (Fsp3) is 0.400. The SMILES string of the molecule is C[Si](C)(C)/C=C(\c1ccccc1)[C@H]1C[C@@H]2CC=C[C@H](C1)C([Si](C)(C)C)=C2c1ccccc1. The lowest BCUT2D eigenvalue weighted by molar-refractivity contribution is 0.460. The first-order valence-electron chi connectivity index (χ1n) is 12.4. The van der Waals surface area contributed by atoms with Crippen LogP contribution in [0.2, 0.25) is 39.3 Å². The molecule has 0 aliphatic heterocycles. The Morgan fingerprint density at radius 2 is 1.44 bits per heavy atom. The van der Waals surface area contributed by atoms with Crippen molar-refractivity contribution in [1.29, 1.82) is 0 Å². The van der Waals surface area contributed by atoms with Gasteiger partial charge in [-0.2, -0.15) is 0 Å². The van der Waals surface area contributed by atoms with E-state index < -0.39 is 16.1 Å². The minimum atomic E-state index is -1.49. The topological polar surface area (TPSA) is 0 Å². The summed E-state index contributed by atoms with van der Waals surface area (Å²) in [7, 11) is -2.85. The maximum Gasteiger partial charge on any atom is 0.0736 e. The third-order valence-electron chi connectivity index (χ3n) is 6.99. The van der Waals surface area contributed by atoms with E-state index >= 15 is 0 Å². The third kappa shape index (κ3) is 5.18. The van der Waals surface area contributed by atoms with Crippen LogP contribution in [0.3, 0.4) is 0 Å². The van der Waals surface area contributed by atoms with E-state index in [0.29, 0.717) is 17.8 Å². The van der Waals surface area contributed by atoms with E-state index in [0.717, 1.165) is 0 Å². The van der Waals surface area contributed by atoms with Gasteiger partial charge >= 0.3 is 0 Å². The van der Waals surface area contributed by atoms with Gasteiger partial charge in [-0.3, -0.25) is 0 Å². The third-order valence-corrected chi connectivity index (χ3v) is 10.4. The molecule has 168 valence electrons. The Balaban J connectivity index is 1.85. The summed E-state index contributed by atoms with van der Waals surface area (Å²) in [6.45, 7) is 15.1. The number of allylic oxidation sites excluding steroid dienone is 5. The highest BCUT2D eigenvalue weighted by Gasteiger charge is 2.39. The summed E-state index contributed by atoms with van der Waals surface area (Å²) in [5, 5.41) is 1.81. The molecule has 0 unspecified atom stereocenters. The van der Waals surface area contributed by atoms with Crippen molar-refractivity contribution >= 4 is 27.3 Å². The summed E-state index contributed by atoms with van der Waals surface area (Å²) in [4.78, 5) is 0. The van der Waals surface area contributed by atoms with Crippen molar-refractivity contribution in [2.24, 2.45) is 17.8 Å². The fourth-order valence-corrected chi connectivity index (χ4v) is 9.77. The van der Waals surface area contributed by atoms with Gasteiger partial charge in [-0.05, 0) is 59.3 Å². The Kier molecular flexibility index (Phi) is 6.65. The van der Waals surface area contributed by atoms with E-state index in [1.54, 1.807) is 11.1 Å². The van der Waals surface area contributed by atoms with E-state index in [9.17, 15) is 0 Å². The summed E-state index contributed by atoms with van der Waals surface area (Å²) in [5.74, 6) is 1.81. The van der Waals surface area contributed by atoms with Crippen molar-refractivity contribution in [3.05, 3.63) is 94.8 Å². The van der Waals surface area contributed by atoms with Crippen LogP contribution in [0.15, 0.2) is 83.7 Å². The number of rotatable bonds is 5. The smallest absolute Gasteiger partial charge is 0.0736 e. The molecule has 0 fully saturated rings. The average Bonchev–Trinajstić information content (AvgIpc) is 3.00. The average molecular weight is 457 g/mol. The van der Waals surface area contributed by atoms with Gasteiger partial charge in [-0.15, -0.1) is 0 Å². The molecule has 0 nitrogen and oxygen atoms in total. The molecule has 0 aromatic heterocycles. The molecule has 0 saturated heterocycles. The van der Waals surface area contributed by atoms with E-state index in [1.807, 2.05) is 5.20 Å². The Morgan fingerprint density at radius 3 is 2.03 bits per heavy atom. The Morgan fingerprint density at radius 1 is 0.812 bits per heavy atom. The molecule has 2 aliphatic carbocycles. The molecule has 0 saturated carbocycles. The molecule has 0 N–H and O–H groups in total. The summed E-state index contributed by atoms with van der Waals surface area (Å²) in [5.41, 5.74) is 8.94. The van der Waals surface area contributed by atoms with Crippen LogP contribution in [0.4, 0.5) is 0 Å². The van der Waals surface area contributed by atoms with Gasteiger partial charge in [0.15, 0.2) is 0 Å². The Bertz CT molecular complexity index is 1010. The maximum absolute atomic E-state index is 2.70. The number of hydrogen-bond acceptors (Lipinski definition) is 0. The Labute approximate surface area is 198 Å². The molecule has 2 bridgehead atoms. The standard InChI is InChI=1S/C30H40Si2/c1-31(2,3)22-28(23-14-9-7-10-15-23)27-20-25-18-13-19-26(21-27)30(32(4,5)6)29(25)24-16-11-8-12-17-24/h7-17,19,22,25-27H,18,20-21H2,1-6H3/b28-22+/t25-,26+,27-/m0/s1. The molecule has 4 rings (SSSR count). The molecule has 2 aromatic carbocycles. The zero-order valence-electron chi connectivity index (χ0n) is 20.9. The zero-order valence-corrected chi connectivity index (χ0v) is 22.9. The lowest BCUT2D eigenvalue weighted by atomic mass is 9.78. The second kappa shape index (κ2) is 9.15. The fourth-order valence-electron chi connectivity index (χ4n) is 5.95. The van der Waals surface area contributed by atoms with Crippen molar-refractivity contribution in [2.45, 2.75) is 58.5 Å². The first-order chi connectivity index (χ1) is 15.1. The van der Waals surface area contributed by atoms with E-state index in [-0.39, 0.29) is 0 Å². The van der Waals surface area contributed by atoms with Crippen molar-refractivity contribution < 1.29 is 0 Å². The van der Waals surface area contributed by atoms with Crippen molar-refractivity contribution in [3.8, 4) is 0 Å². The highest BCUT2D eigenvalue weighted by molar-refractivity contribution is 6.84. The summed E-state index contributed by atoms with van der Waals surface area (Å²) < 4.78 is 0. The molecule has 32 heavy (non-hydrogen) atoms. The van der Waals surface area contributed by atoms with Crippen LogP contribution in [-0.4, -0.2) is 16.1 Å². The second-order valence-electron chi connectivity index (χ2n) is 11.9. The van der Waals surface area contributed by atoms with Crippen LogP contribution in [0.5, 0.6) is 0 Å². The van der Waals surface area contributed by atoms with Crippen LogP contribution in [0.25, 0.3) is 11.1 Å². The summed E-state index contributed by atoms with van der Waals surface area (Å²) >= 11 is 0. The molecule has 0 amide bonds. The molecule has 2 aliphatic rings. The van der Waals surface area contributed by atoms with Crippen molar-refractivity contribution in [3.63, 3.8) is 0 Å². The lowest BCUT2D eigenvalue weighted by Gasteiger charge is -2.31. The lowest BCUT2D eigenvalue weighted by Crippen LogP contribution is -2.30. The first-order valence-corrected chi connectivity index (χ1v) is 19.5. The largest absolute Gasteiger partial charge is 0.0910 e. The monoisotopic (exact) mass is 456 g/mol. The van der Waals surface area contributed by atoms with Crippen molar-refractivity contribution in [2.75, 3.05) is 0 Å². The molecular weight excluding hydrogens is 417 g/mol. The van der Waals surface area contributed by atoms with Crippen LogP contribution in [-0.2, 0) is 0 Å². The number of benzene rings is 2. The van der Waals surface area contributed by atoms with Crippen LogP contribution < -0.4 is 0 Å². The minimum Gasteiger partial charge on any atom is -0.0910 e. The molecule has 0 radical (unpaired) electrons. The van der Waals surface area contributed by atoms with Gasteiger partial charge in [-0.1, -0.05) is 123 Å². The van der Waals surface area contributed by atoms with Gasteiger partial charge in [0.1, 0.15) is 0 Å². The van der Waals surface area contributed by atoms with Crippen LogP contribution in [0, 0.1) is 17.8 Å². The predicted octanol–water partition coefficient (Wildman–Crippen LogP) is 8.88. The number of fused-ring (bicyclic) bond motifs is 2. The summed E-state index contributed by atoms with van der Waals surface area (Å²) in [6.07, 6.45) is 8.80. The highest BCUT2D eigenvalue weighted by Crippen LogP contribution is 2.50. The van der Waals surface area contributed by atoms with Crippen molar-refractivity contribution in [1.82, 2.24) is 0 Å². The summed E-state index contributed by atoms with van der Waals surface area (Å²) in [6, 6.07) is 22.6. The highest BCUT2D eigenvalue weighted by atomic mass is 28.3. The maximum atomic E-state index is 2.70. The second-order valence-corrected chi connectivity index (χ2v) is 22.0. The van der Waals surface area contributed by atoms with E-state index in [1.165, 1.54) is 30.4 Å². The van der Waals surface area contributed by atoms with E-state index in [4.69, 9.17) is 0 Å². The van der Waals surface area contributed by atoms with Gasteiger partial charge in [0.2, 0.25) is 0 Å². The molecule has 2 aromatic rings. The molecular formula is C30H40Si2. The van der Waals surface area contributed by atoms with Crippen LogP contribution in [0.1, 0.15) is 30.4 Å². The van der Waals surface area contributed by atoms with Gasteiger partial charge in [0, 0.05) is 0 Å². The van der Waals surface area contributed by atoms with Gasteiger partial charge in [0.25, 0.3) is 0 Å². The molecule has 2 heteroatoms. The predicted molar refractivity (Wildman–Crippen MR) is 148 cm³/mol. The van der Waals surface area contributed by atoms with E-state index in [2.05, 4.69) is 118 Å². The Hall–Kier alpha value is -1.91. The molecule has 0 heterocycles. The van der Waals surface area contributed by atoms with Gasteiger partial charge in [0.05, 0.1) is 16.1 Å². The van der Waals surface area contributed by atoms with Gasteiger partial charge < -0.3 is 0 Å². The van der Waals surface area contributed by atoms with Gasteiger partial charge in [-0.25, -0.2) is 0 Å². The quantitative estimate of drug-likeness (QED) is 0.311. The number of hydrogen-bond donors (Lipinski definition) is 0.